The maximum absolute atomic E-state index is 12.7. The van der Waals surface area contributed by atoms with Gasteiger partial charge in [0.15, 0.2) is 5.96 Å². The van der Waals surface area contributed by atoms with E-state index in [9.17, 15) is 13.6 Å². The van der Waals surface area contributed by atoms with Gasteiger partial charge in [-0.25, -0.2) is 4.79 Å². The molecule has 1 atom stereocenters. The number of fused-ring (bicyclic) bond motifs is 1. The molecule has 1 N–H and O–H groups in total. The summed E-state index contributed by atoms with van der Waals surface area (Å²) in [5, 5.41) is 3.24. The predicted octanol–water partition coefficient (Wildman–Crippen LogP) is 3.59. The lowest BCUT2D eigenvalue weighted by molar-refractivity contribution is -0.0504. The zero-order chi connectivity index (χ0) is 21.2. The molecule has 0 saturated carbocycles. The summed E-state index contributed by atoms with van der Waals surface area (Å²) in [6.45, 7) is 7.16. The van der Waals surface area contributed by atoms with Crippen LogP contribution < -0.4 is 10.1 Å². The van der Waals surface area contributed by atoms with E-state index in [-0.39, 0.29) is 41.9 Å². The fraction of sp³-hybridized carbons (Fsp3) is 0.600. The van der Waals surface area contributed by atoms with Crippen molar-refractivity contribution < 1.29 is 23.0 Å². The van der Waals surface area contributed by atoms with Crippen molar-refractivity contribution in [3.8, 4) is 5.75 Å². The number of carbonyl (C=O) groups is 1. The largest absolute Gasteiger partial charge is 0.444 e. The highest BCUT2D eigenvalue weighted by atomic mass is 127. The van der Waals surface area contributed by atoms with E-state index in [2.05, 4.69) is 19.9 Å². The number of benzene rings is 1. The first-order valence-electron chi connectivity index (χ1n) is 9.69. The Bertz CT molecular complexity index is 786. The van der Waals surface area contributed by atoms with Gasteiger partial charge in [0.25, 0.3) is 0 Å². The minimum Gasteiger partial charge on any atom is -0.444 e. The summed E-state index contributed by atoms with van der Waals surface area (Å²) >= 11 is 0. The Kier molecular flexibility index (Phi) is 8.12. The van der Waals surface area contributed by atoms with Crippen LogP contribution in [0.4, 0.5) is 13.6 Å². The number of nitrogens with zero attached hydrogens (tertiary/aromatic N) is 3. The van der Waals surface area contributed by atoms with Gasteiger partial charge in [-0.2, -0.15) is 8.78 Å². The monoisotopic (exact) mass is 538 g/mol. The molecule has 1 aromatic carbocycles. The van der Waals surface area contributed by atoms with E-state index < -0.39 is 12.2 Å². The van der Waals surface area contributed by atoms with Crippen molar-refractivity contribution in [1.82, 2.24) is 15.1 Å². The van der Waals surface area contributed by atoms with Crippen LogP contribution in [-0.4, -0.2) is 66.3 Å². The third-order valence-corrected chi connectivity index (χ3v) is 4.73. The summed E-state index contributed by atoms with van der Waals surface area (Å²) in [4.78, 5) is 20.7. The molecule has 0 spiro atoms. The molecule has 2 aliphatic rings. The van der Waals surface area contributed by atoms with E-state index in [1.165, 1.54) is 0 Å². The molecule has 30 heavy (non-hydrogen) atoms. The molecule has 0 radical (unpaired) electrons. The number of nitrogens with one attached hydrogen (secondary N) is 1. The molecule has 168 valence electrons. The molecule has 1 unspecified atom stereocenters. The molecule has 0 bridgehead atoms. The molecule has 0 aliphatic carbocycles. The second-order valence-electron chi connectivity index (χ2n) is 8.28. The summed E-state index contributed by atoms with van der Waals surface area (Å²) in [5.41, 5.74) is 1.07. The van der Waals surface area contributed by atoms with Crippen molar-refractivity contribution in [2.45, 2.75) is 52.5 Å². The number of halogens is 3. The van der Waals surface area contributed by atoms with Crippen molar-refractivity contribution in [3.63, 3.8) is 0 Å². The second-order valence-corrected chi connectivity index (χ2v) is 8.28. The third-order valence-electron chi connectivity index (χ3n) is 4.73. The Morgan fingerprint density at radius 3 is 2.73 bits per heavy atom. The van der Waals surface area contributed by atoms with Gasteiger partial charge in [-0.15, -0.1) is 24.0 Å². The molecule has 1 saturated heterocycles. The highest BCUT2D eigenvalue weighted by Gasteiger charge is 2.36. The van der Waals surface area contributed by atoms with Gasteiger partial charge in [-0.3, -0.25) is 4.99 Å². The van der Waals surface area contributed by atoms with Crippen LogP contribution in [0, 0.1) is 6.92 Å². The number of amides is 1. The van der Waals surface area contributed by atoms with Gasteiger partial charge in [-0.05, 0) is 33.8 Å². The summed E-state index contributed by atoms with van der Waals surface area (Å²) < 4.78 is 35.4. The van der Waals surface area contributed by atoms with E-state index in [0.717, 1.165) is 5.56 Å². The number of guanidine groups is 1. The molecule has 10 heteroatoms. The van der Waals surface area contributed by atoms with Gasteiger partial charge in [0.2, 0.25) is 0 Å². The van der Waals surface area contributed by atoms with Crippen molar-refractivity contribution in [2.75, 3.05) is 26.2 Å². The molecule has 1 fully saturated rings. The summed E-state index contributed by atoms with van der Waals surface area (Å²) in [6, 6.07) is 5.18. The molecule has 7 nitrogen and oxygen atoms in total. The van der Waals surface area contributed by atoms with Crippen LogP contribution >= 0.6 is 24.0 Å². The maximum Gasteiger partial charge on any atom is 0.410 e. The van der Waals surface area contributed by atoms with Crippen LogP contribution in [0.15, 0.2) is 23.2 Å². The van der Waals surface area contributed by atoms with Crippen molar-refractivity contribution >= 4 is 36.0 Å². The number of aliphatic imine (C=N–C) groups is 1. The van der Waals surface area contributed by atoms with Crippen LogP contribution in [0.1, 0.15) is 31.9 Å². The molecule has 3 rings (SSSR count). The Balaban J connectivity index is 0.00000320. The van der Waals surface area contributed by atoms with Crippen LogP contribution in [0.2, 0.25) is 0 Å². The lowest BCUT2D eigenvalue weighted by Crippen LogP contribution is -2.57. The van der Waals surface area contributed by atoms with E-state index in [4.69, 9.17) is 4.74 Å². The first kappa shape index (κ1) is 24.4. The highest BCUT2D eigenvalue weighted by molar-refractivity contribution is 14.0. The minimum absolute atomic E-state index is 0. The smallest absolute Gasteiger partial charge is 0.410 e. The van der Waals surface area contributed by atoms with Gasteiger partial charge in [0.1, 0.15) is 11.4 Å². The molecular weight excluding hydrogens is 509 g/mol. The quantitative estimate of drug-likeness (QED) is 0.594. The van der Waals surface area contributed by atoms with Gasteiger partial charge in [-0.1, -0.05) is 17.7 Å². The first-order chi connectivity index (χ1) is 13.6. The lowest BCUT2D eigenvalue weighted by atomic mass is 10.1. The molecule has 2 heterocycles. The van der Waals surface area contributed by atoms with Crippen LogP contribution in [0.3, 0.4) is 0 Å². The molecule has 0 aromatic heterocycles. The molecule has 1 aromatic rings. The Morgan fingerprint density at radius 1 is 1.33 bits per heavy atom. The molecule has 1 amide bonds. The van der Waals surface area contributed by atoms with Crippen molar-refractivity contribution in [3.05, 3.63) is 29.3 Å². The van der Waals surface area contributed by atoms with Crippen molar-refractivity contribution in [1.29, 1.82) is 0 Å². The predicted molar refractivity (Wildman–Crippen MR) is 121 cm³/mol. The number of ether oxygens (including phenoxy) is 2. The van der Waals surface area contributed by atoms with E-state index >= 15 is 0 Å². The van der Waals surface area contributed by atoms with Gasteiger partial charge in [0.05, 0.1) is 12.6 Å². The zero-order valence-electron chi connectivity index (χ0n) is 17.7. The highest BCUT2D eigenvalue weighted by Crippen LogP contribution is 2.23. The van der Waals surface area contributed by atoms with E-state index in [1.54, 1.807) is 17.0 Å². The minimum atomic E-state index is -2.87. The Labute approximate surface area is 192 Å². The normalized spacial score (nSPS) is 18.5. The number of rotatable bonds is 4. The summed E-state index contributed by atoms with van der Waals surface area (Å²) in [7, 11) is 0. The molecule has 2 aliphatic heterocycles. The number of carbonyl (C=O) groups excluding carboxylic acids is 1. The number of aryl methyl sites for hydroxylation is 1. The number of hydrogen-bond donors (Lipinski definition) is 1. The Hall–Kier alpha value is -1.85. The van der Waals surface area contributed by atoms with Gasteiger partial charge in [0, 0.05) is 31.7 Å². The summed E-state index contributed by atoms with van der Waals surface area (Å²) in [6.07, 6.45) is -0.313. The van der Waals surface area contributed by atoms with Crippen LogP contribution in [0.5, 0.6) is 5.75 Å². The average molecular weight is 538 g/mol. The average Bonchev–Trinajstić information content (AvgIpc) is 3.02. The zero-order valence-corrected chi connectivity index (χ0v) is 20.0. The van der Waals surface area contributed by atoms with Gasteiger partial charge >= 0.3 is 12.7 Å². The molecular formula is C20H29F2IN4O3. The maximum atomic E-state index is 12.7. The first-order valence-corrected chi connectivity index (χ1v) is 9.69. The standard InChI is InChI=1S/C20H28F2N4O3.HI/c1-13-5-6-16(28-17(21)22)14(9-13)10-23-18-24-11-15-12-25(7-8-26(15)18)19(27)29-20(2,3)4;/h5-6,9,15,17H,7-8,10-12H2,1-4H3,(H,23,24);1H. The Morgan fingerprint density at radius 2 is 2.07 bits per heavy atom. The van der Waals surface area contributed by atoms with Gasteiger partial charge < -0.3 is 24.6 Å². The third kappa shape index (κ3) is 6.32. The number of alkyl halides is 2. The van der Waals surface area contributed by atoms with Crippen molar-refractivity contribution in [2.24, 2.45) is 4.99 Å². The van der Waals surface area contributed by atoms with E-state index in [0.29, 0.717) is 44.2 Å². The number of piperazine rings is 1. The van der Waals surface area contributed by atoms with E-state index in [1.807, 2.05) is 33.8 Å². The fourth-order valence-corrected chi connectivity index (χ4v) is 3.45. The second kappa shape index (κ2) is 9.97. The summed E-state index contributed by atoms with van der Waals surface area (Å²) in [5.74, 6) is 0.867. The SMILES string of the molecule is Cc1ccc(OC(F)F)c(CNC2=NCC3CN(C(=O)OC(C)(C)C)CCN23)c1.I. The topological polar surface area (TPSA) is 66.4 Å². The van der Waals surface area contributed by atoms with Crippen LogP contribution in [-0.2, 0) is 11.3 Å². The fourth-order valence-electron chi connectivity index (χ4n) is 3.45. The number of hydrogen-bond acceptors (Lipinski definition) is 6. The lowest BCUT2D eigenvalue weighted by Gasteiger charge is -2.39. The van der Waals surface area contributed by atoms with Crippen LogP contribution in [0.25, 0.3) is 0 Å².